The Morgan fingerprint density at radius 3 is 2.76 bits per heavy atom. The van der Waals surface area contributed by atoms with Crippen LogP contribution in [0.1, 0.15) is 23.4 Å². The zero-order chi connectivity index (χ0) is 15.0. The van der Waals surface area contributed by atoms with E-state index in [-0.39, 0.29) is 12.1 Å². The third kappa shape index (κ3) is 2.76. The fourth-order valence-corrected chi connectivity index (χ4v) is 4.04. The molecule has 0 bridgehead atoms. The molecule has 0 aliphatic carbocycles. The molecule has 2 heterocycles. The lowest BCUT2D eigenvalue weighted by atomic mass is 10.0. The summed E-state index contributed by atoms with van der Waals surface area (Å²) in [6, 6.07) is 7.14. The minimum absolute atomic E-state index is 0.0567. The van der Waals surface area contributed by atoms with Crippen LogP contribution in [-0.4, -0.2) is 17.5 Å². The van der Waals surface area contributed by atoms with Crippen molar-refractivity contribution in [3.8, 4) is 0 Å². The molecule has 0 saturated heterocycles. The number of nitrogens with one attached hydrogen (secondary N) is 1. The molecule has 0 saturated carbocycles. The van der Waals surface area contributed by atoms with Crippen LogP contribution in [0, 0.1) is 0 Å². The van der Waals surface area contributed by atoms with Gasteiger partial charge >= 0.3 is 6.03 Å². The highest BCUT2D eigenvalue weighted by Gasteiger charge is 2.28. The quantitative estimate of drug-likeness (QED) is 0.759. The van der Waals surface area contributed by atoms with Gasteiger partial charge < -0.3 is 10.2 Å². The van der Waals surface area contributed by atoms with E-state index >= 15 is 0 Å². The SMILES string of the molecule is CC1c2ccsc2CCN1C(=O)Nc1c(Cl)cccc1Cl. The first-order valence-electron chi connectivity index (χ1n) is 6.66. The van der Waals surface area contributed by atoms with Crippen LogP contribution in [0.2, 0.25) is 10.0 Å². The molecule has 1 aliphatic rings. The second kappa shape index (κ2) is 5.87. The molecule has 1 aromatic carbocycles. The van der Waals surface area contributed by atoms with E-state index in [1.807, 2.05) is 11.8 Å². The number of thiophene rings is 1. The maximum absolute atomic E-state index is 12.5. The first-order valence-corrected chi connectivity index (χ1v) is 8.29. The maximum atomic E-state index is 12.5. The number of rotatable bonds is 1. The zero-order valence-corrected chi connectivity index (χ0v) is 13.7. The van der Waals surface area contributed by atoms with Crippen molar-refractivity contribution in [3.05, 3.63) is 50.1 Å². The van der Waals surface area contributed by atoms with Gasteiger partial charge in [0.2, 0.25) is 0 Å². The largest absolute Gasteiger partial charge is 0.322 e. The van der Waals surface area contributed by atoms with Crippen LogP contribution in [0.25, 0.3) is 0 Å². The summed E-state index contributed by atoms with van der Waals surface area (Å²) < 4.78 is 0. The van der Waals surface area contributed by atoms with Crippen LogP contribution < -0.4 is 5.32 Å². The molecule has 6 heteroatoms. The van der Waals surface area contributed by atoms with Gasteiger partial charge in [0.05, 0.1) is 21.8 Å². The third-order valence-corrected chi connectivity index (χ3v) is 5.36. The minimum Gasteiger partial charge on any atom is -0.317 e. The summed E-state index contributed by atoms with van der Waals surface area (Å²) in [5, 5.41) is 5.79. The predicted molar refractivity (Wildman–Crippen MR) is 88.6 cm³/mol. The van der Waals surface area contributed by atoms with E-state index in [9.17, 15) is 4.79 Å². The highest BCUT2D eigenvalue weighted by Crippen LogP contribution is 2.34. The fourth-order valence-electron chi connectivity index (χ4n) is 2.58. The second-order valence-electron chi connectivity index (χ2n) is 4.95. The van der Waals surface area contributed by atoms with Crippen molar-refractivity contribution in [1.82, 2.24) is 4.90 Å². The molecule has 1 aliphatic heterocycles. The summed E-state index contributed by atoms with van der Waals surface area (Å²) in [4.78, 5) is 15.7. The number of carbonyl (C=O) groups is 1. The molecule has 1 unspecified atom stereocenters. The Kier molecular flexibility index (Phi) is 4.11. The number of hydrogen-bond donors (Lipinski definition) is 1. The summed E-state index contributed by atoms with van der Waals surface area (Å²) in [6.07, 6.45) is 0.890. The van der Waals surface area contributed by atoms with Crippen LogP contribution in [0.15, 0.2) is 29.6 Å². The number of carbonyl (C=O) groups excluding carboxylic acids is 1. The van der Waals surface area contributed by atoms with Gasteiger partial charge in [-0.05, 0) is 42.5 Å². The first-order chi connectivity index (χ1) is 10.1. The van der Waals surface area contributed by atoms with E-state index in [0.29, 0.717) is 22.3 Å². The molecule has 3 rings (SSSR count). The van der Waals surface area contributed by atoms with E-state index in [0.717, 1.165) is 6.42 Å². The van der Waals surface area contributed by atoms with Gasteiger partial charge in [-0.25, -0.2) is 4.79 Å². The number of benzene rings is 1. The summed E-state index contributed by atoms with van der Waals surface area (Å²) in [5.41, 5.74) is 1.70. The van der Waals surface area contributed by atoms with Gasteiger partial charge in [0.25, 0.3) is 0 Å². The fraction of sp³-hybridized carbons (Fsp3) is 0.267. The molecule has 21 heavy (non-hydrogen) atoms. The van der Waals surface area contributed by atoms with Gasteiger partial charge in [0, 0.05) is 11.4 Å². The van der Waals surface area contributed by atoms with Gasteiger partial charge in [-0.15, -0.1) is 11.3 Å². The summed E-state index contributed by atoms with van der Waals surface area (Å²) in [5.74, 6) is 0. The Morgan fingerprint density at radius 1 is 1.33 bits per heavy atom. The van der Waals surface area contributed by atoms with Crippen LogP contribution in [0.5, 0.6) is 0 Å². The topological polar surface area (TPSA) is 32.3 Å². The molecule has 0 fully saturated rings. The molecule has 2 amide bonds. The van der Waals surface area contributed by atoms with Crippen LogP contribution in [0.4, 0.5) is 10.5 Å². The van der Waals surface area contributed by atoms with Gasteiger partial charge in [0.1, 0.15) is 0 Å². The molecule has 1 N–H and O–H groups in total. The summed E-state index contributed by atoms with van der Waals surface area (Å²) in [7, 11) is 0. The molecule has 1 aromatic heterocycles. The van der Waals surface area contributed by atoms with E-state index < -0.39 is 0 Å². The normalized spacial score (nSPS) is 17.5. The highest BCUT2D eigenvalue weighted by molar-refractivity contribution is 7.10. The molecular weight excluding hydrogens is 327 g/mol. The molecule has 3 nitrogen and oxygen atoms in total. The van der Waals surface area contributed by atoms with Crippen molar-refractivity contribution in [3.63, 3.8) is 0 Å². The Bertz CT molecular complexity index is 666. The lowest BCUT2D eigenvalue weighted by Crippen LogP contribution is -2.41. The number of halogens is 2. The first kappa shape index (κ1) is 14.7. The van der Waals surface area contributed by atoms with Crippen molar-refractivity contribution in [1.29, 1.82) is 0 Å². The molecule has 0 radical (unpaired) electrons. The molecule has 1 atom stereocenters. The third-order valence-electron chi connectivity index (χ3n) is 3.73. The Balaban J connectivity index is 1.81. The standard InChI is InChI=1S/C15H14Cl2N2OS/c1-9-10-6-8-21-13(10)5-7-19(9)15(20)18-14-11(16)3-2-4-12(14)17/h2-4,6,8-9H,5,7H2,1H3,(H,18,20). The lowest BCUT2D eigenvalue weighted by Gasteiger charge is -2.33. The number of amides is 2. The zero-order valence-electron chi connectivity index (χ0n) is 11.4. The minimum atomic E-state index is -0.172. The summed E-state index contributed by atoms with van der Waals surface area (Å²) in [6.45, 7) is 2.74. The lowest BCUT2D eigenvalue weighted by molar-refractivity contribution is 0.189. The molecule has 110 valence electrons. The number of nitrogens with zero attached hydrogens (tertiary/aromatic N) is 1. The van der Waals surface area contributed by atoms with E-state index in [2.05, 4.69) is 16.8 Å². The molecule has 2 aromatic rings. The number of fused-ring (bicyclic) bond motifs is 1. The van der Waals surface area contributed by atoms with Crippen LogP contribution in [0.3, 0.4) is 0 Å². The van der Waals surface area contributed by atoms with Gasteiger partial charge in [-0.1, -0.05) is 29.3 Å². The average molecular weight is 341 g/mol. The monoisotopic (exact) mass is 340 g/mol. The molecule has 0 spiro atoms. The van der Waals surface area contributed by atoms with Crippen molar-refractivity contribution >= 4 is 46.3 Å². The Labute approximate surface area is 137 Å². The maximum Gasteiger partial charge on any atom is 0.322 e. The van der Waals surface area contributed by atoms with Crippen LogP contribution in [-0.2, 0) is 6.42 Å². The van der Waals surface area contributed by atoms with Gasteiger partial charge in [-0.3, -0.25) is 0 Å². The predicted octanol–water partition coefficient (Wildman–Crippen LogP) is 5.21. The van der Waals surface area contributed by atoms with Crippen molar-refractivity contribution in [2.75, 3.05) is 11.9 Å². The van der Waals surface area contributed by atoms with Gasteiger partial charge in [-0.2, -0.15) is 0 Å². The number of anilines is 1. The van der Waals surface area contributed by atoms with E-state index in [4.69, 9.17) is 23.2 Å². The second-order valence-corrected chi connectivity index (χ2v) is 6.76. The number of urea groups is 1. The van der Waals surface area contributed by atoms with Crippen LogP contribution >= 0.6 is 34.5 Å². The smallest absolute Gasteiger partial charge is 0.317 e. The average Bonchev–Trinajstić information content (AvgIpc) is 2.92. The Morgan fingerprint density at radius 2 is 2.05 bits per heavy atom. The van der Waals surface area contributed by atoms with Crippen molar-refractivity contribution < 1.29 is 4.79 Å². The number of hydrogen-bond acceptors (Lipinski definition) is 2. The number of para-hydroxylation sites is 1. The molecular formula is C15H14Cl2N2OS. The summed E-state index contributed by atoms with van der Waals surface area (Å²) >= 11 is 13.9. The van der Waals surface area contributed by atoms with Gasteiger partial charge in [0.15, 0.2) is 0 Å². The Hall–Kier alpha value is -1.23. The van der Waals surface area contributed by atoms with E-state index in [1.54, 1.807) is 29.5 Å². The highest BCUT2D eigenvalue weighted by atomic mass is 35.5. The van der Waals surface area contributed by atoms with Crippen molar-refractivity contribution in [2.24, 2.45) is 0 Å². The van der Waals surface area contributed by atoms with E-state index in [1.165, 1.54) is 10.4 Å². The van der Waals surface area contributed by atoms with Crippen molar-refractivity contribution in [2.45, 2.75) is 19.4 Å².